The summed E-state index contributed by atoms with van der Waals surface area (Å²) in [6, 6.07) is 13.6. The summed E-state index contributed by atoms with van der Waals surface area (Å²) in [6.07, 6.45) is 4.59. The van der Waals surface area contributed by atoms with Crippen molar-refractivity contribution in [1.29, 1.82) is 0 Å². The highest BCUT2D eigenvalue weighted by molar-refractivity contribution is 7.89. The maximum absolute atomic E-state index is 12.4. The number of amides is 1. The zero-order valence-electron chi connectivity index (χ0n) is 14.9. The fraction of sp³-hybridized carbons (Fsp3) is 0.350. The maximum atomic E-state index is 12.4. The highest BCUT2D eigenvalue weighted by Gasteiger charge is 2.22. The second-order valence-electron chi connectivity index (χ2n) is 6.76. The molecule has 0 aromatic heterocycles. The predicted octanol–water partition coefficient (Wildman–Crippen LogP) is 3.53. The number of rotatable bonds is 7. The zero-order valence-corrected chi connectivity index (χ0v) is 16.5. The average molecular weight is 407 g/mol. The third kappa shape index (κ3) is 5.54. The van der Waals surface area contributed by atoms with Crippen LogP contribution in [0.5, 0.6) is 0 Å². The highest BCUT2D eigenvalue weighted by Crippen LogP contribution is 2.20. The van der Waals surface area contributed by atoms with Gasteiger partial charge in [-0.3, -0.25) is 4.79 Å². The summed E-state index contributed by atoms with van der Waals surface area (Å²) < 4.78 is 27.6. The molecule has 0 heterocycles. The maximum Gasteiger partial charge on any atom is 0.251 e. The van der Waals surface area contributed by atoms with Gasteiger partial charge in [-0.1, -0.05) is 36.6 Å². The molecule has 2 aromatic carbocycles. The van der Waals surface area contributed by atoms with Gasteiger partial charge in [0.2, 0.25) is 10.0 Å². The molecule has 144 valence electrons. The molecular weight excluding hydrogens is 384 g/mol. The number of halogens is 1. The van der Waals surface area contributed by atoms with Gasteiger partial charge in [0.1, 0.15) is 0 Å². The minimum Gasteiger partial charge on any atom is -0.352 e. The van der Waals surface area contributed by atoms with Gasteiger partial charge < -0.3 is 5.32 Å². The summed E-state index contributed by atoms with van der Waals surface area (Å²) in [5, 5.41) is 3.43. The molecule has 7 heteroatoms. The van der Waals surface area contributed by atoms with Gasteiger partial charge in [-0.05, 0) is 61.2 Å². The van der Waals surface area contributed by atoms with Crippen LogP contribution in [0.1, 0.15) is 41.6 Å². The lowest BCUT2D eigenvalue weighted by atomic mass is 10.1. The molecule has 27 heavy (non-hydrogen) atoms. The molecule has 2 N–H and O–H groups in total. The number of nitrogens with one attached hydrogen (secondary N) is 2. The van der Waals surface area contributed by atoms with Gasteiger partial charge in [0.15, 0.2) is 0 Å². The first kappa shape index (κ1) is 19.9. The van der Waals surface area contributed by atoms with E-state index in [-0.39, 0.29) is 16.8 Å². The molecule has 0 aliphatic heterocycles. The molecular formula is C20H23ClN2O3S. The van der Waals surface area contributed by atoms with Crippen molar-refractivity contribution in [3.05, 3.63) is 64.7 Å². The lowest BCUT2D eigenvalue weighted by molar-refractivity contribution is 0.0954. The molecule has 5 nitrogen and oxygen atoms in total. The first-order valence-corrected chi connectivity index (χ1v) is 11.0. The van der Waals surface area contributed by atoms with Crippen LogP contribution in [0.15, 0.2) is 53.4 Å². The van der Waals surface area contributed by atoms with Crippen molar-refractivity contribution in [1.82, 2.24) is 10.0 Å². The summed E-state index contributed by atoms with van der Waals surface area (Å²) in [5.74, 6) is -0.161. The molecule has 1 fully saturated rings. The lowest BCUT2D eigenvalue weighted by Gasteiger charge is -2.13. The van der Waals surface area contributed by atoms with Crippen molar-refractivity contribution in [2.75, 3.05) is 6.54 Å². The smallest absolute Gasteiger partial charge is 0.251 e. The Hall–Kier alpha value is -1.89. The van der Waals surface area contributed by atoms with Gasteiger partial charge in [-0.15, -0.1) is 0 Å². The van der Waals surface area contributed by atoms with Crippen LogP contribution in [-0.4, -0.2) is 26.9 Å². The quantitative estimate of drug-likeness (QED) is 0.738. The highest BCUT2D eigenvalue weighted by atomic mass is 35.5. The minimum absolute atomic E-state index is 0.0535. The monoisotopic (exact) mass is 406 g/mol. The lowest BCUT2D eigenvalue weighted by Crippen LogP contribution is -2.32. The topological polar surface area (TPSA) is 75.3 Å². The van der Waals surface area contributed by atoms with Gasteiger partial charge >= 0.3 is 0 Å². The van der Waals surface area contributed by atoms with E-state index in [1.54, 1.807) is 48.5 Å². The number of carbonyl (C=O) groups is 1. The molecule has 1 amide bonds. The minimum atomic E-state index is -3.46. The van der Waals surface area contributed by atoms with E-state index in [9.17, 15) is 13.2 Å². The molecule has 1 aliphatic carbocycles. The summed E-state index contributed by atoms with van der Waals surface area (Å²) in [7, 11) is -3.46. The largest absolute Gasteiger partial charge is 0.352 e. The van der Waals surface area contributed by atoms with Gasteiger partial charge in [0.05, 0.1) is 4.90 Å². The van der Waals surface area contributed by atoms with E-state index >= 15 is 0 Å². The Morgan fingerprint density at radius 1 is 1.00 bits per heavy atom. The fourth-order valence-electron chi connectivity index (χ4n) is 3.19. The number of sulfonamides is 1. The third-order valence-electron chi connectivity index (χ3n) is 4.72. The van der Waals surface area contributed by atoms with Crippen LogP contribution < -0.4 is 10.0 Å². The second-order valence-corrected chi connectivity index (χ2v) is 8.91. The summed E-state index contributed by atoms with van der Waals surface area (Å²) in [6.45, 7) is 0.466. The molecule has 2 aromatic rings. The number of benzene rings is 2. The standard InChI is InChI=1S/C20H23ClN2O3S/c21-17-9-7-16(8-10-17)20(24)22-14-13-15-5-11-19(12-6-15)27(25,26)23-18-3-1-2-4-18/h5-12,18,23H,1-4,13-14H2,(H,22,24). The van der Waals surface area contributed by atoms with Crippen molar-refractivity contribution in [3.8, 4) is 0 Å². The molecule has 0 radical (unpaired) electrons. The molecule has 0 saturated heterocycles. The Kier molecular flexibility index (Phi) is 6.52. The van der Waals surface area contributed by atoms with E-state index in [4.69, 9.17) is 11.6 Å². The zero-order chi connectivity index (χ0) is 19.3. The van der Waals surface area contributed by atoms with Crippen LogP contribution >= 0.6 is 11.6 Å². The van der Waals surface area contributed by atoms with Crippen LogP contribution in [-0.2, 0) is 16.4 Å². The van der Waals surface area contributed by atoms with E-state index in [0.29, 0.717) is 23.6 Å². The van der Waals surface area contributed by atoms with Gasteiger partial charge in [0.25, 0.3) is 5.91 Å². The Labute approximate surface area is 165 Å². The first-order valence-electron chi connectivity index (χ1n) is 9.09. The van der Waals surface area contributed by atoms with E-state index < -0.39 is 10.0 Å². The Morgan fingerprint density at radius 2 is 1.63 bits per heavy atom. The predicted molar refractivity (Wildman–Crippen MR) is 107 cm³/mol. The molecule has 0 spiro atoms. The van der Waals surface area contributed by atoms with Crippen LogP contribution in [0, 0.1) is 0 Å². The SMILES string of the molecule is O=C(NCCc1ccc(S(=O)(=O)NC2CCCC2)cc1)c1ccc(Cl)cc1. The van der Waals surface area contributed by atoms with Crippen molar-refractivity contribution in [2.24, 2.45) is 0 Å². The summed E-state index contributed by atoms with van der Waals surface area (Å²) in [5.41, 5.74) is 1.52. The average Bonchev–Trinajstić information content (AvgIpc) is 3.15. The van der Waals surface area contributed by atoms with Crippen molar-refractivity contribution in [2.45, 2.75) is 43.0 Å². The molecule has 0 bridgehead atoms. The Balaban J connectivity index is 1.51. The number of hydrogen-bond donors (Lipinski definition) is 2. The van der Waals surface area contributed by atoms with Gasteiger partial charge in [-0.2, -0.15) is 0 Å². The number of carbonyl (C=O) groups excluding carboxylic acids is 1. The van der Waals surface area contributed by atoms with E-state index in [2.05, 4.69) is 10.0 Å². The summed E-state index contributed by atoms with van der Waals surface area (Å²) in [4.78, 5) is 12.3. The fourth-order valence-corrected chi connectivity index (χ4v) is 4.62. The second kappa shape index (κ2) is 8.87. The normalized spacial score (nSPS) is 15.0. The van der Waals surface area contributed by atoms with Crippen molar-refractivity contribution in [3.63, 3.8) is 0 Å². The van der Waals surface area contributed by atoms with Crippen molar-refractivity contribution >= 4 is 27.5 Å². The molecule has 3 rings (SSSR count). The molecule has 1 aliphatic rings. The van der Waals surface area contributed by atoms with Crippen LogP contribution in [0.4, 0.5) is 0 Å². The summed E-state index contributed by atoms with van der Waals surface area (Å²) >= 11 is 5.81. The molecule has 0 atom stereocenters. The third-order valence-corrected chi connectivity index (χ3v) is 6.50. The van der Waals surface area contributed by atoms with Gasteiger partial charge in [-0.25, -0.2) is 13.1 Å². The molecule has 0 unspecified atom stereocenters. The van der Waals surface area contributed by atoms with Crippen LogP contribution in [0.2, 0.25) is 5.02 Å². The van der Waals surface area contributed by atoms with Gasteiger partial charge in [0, 0.05) is 23.2 Å². The molecule has 1 saturated carbocycles. The van der Waals surface area contributed by atoms with E-state index in [1.807, 2.05) is 0 Å². The van der Waals surface area contributed by atoms with E-state index in [1.165, 1.54) is 0 Å². The Morgan fingerprint density at radius 3 is 2.26 bits per heavy atom. The number of hydrogen-bond acceptors (Lipinski definition) is 3. The van der Waals surface area contributed by atoms with Crippen LogP contribution in [0.3, 0.4) is 0 Å². The van der Waals surface area contributed by atoms with Crippen molar-refractivity contribution < 1.29 is 13.2 Å². The first-order chi connectivity index (χ1) is 12.9. The Bertz CT molecular complexity index is 874. The van der Waals surface area contributed by atoms with E-state index in [0.717, 1.165) is 31.2 Å². The van der Waals surface area contributed by atoms with Crippen LogP contribution in [0.25, 0.3) is 0 Å².